The lowest BCUT2D eigenvalue weighted by atomic mass is 10.1. The Morgan fingerprint density at radius 3 is 2.63 bits per heavy atom. The lowest BCUT2D eigenvalue weighted by molar-refractivity contribution is -0.0366. The SMILES string of the molecule is CSc1nc(N2CCN(C(=O)OC(C)(C)C)CC2)c2cccc(Oc3c(Cl)c(F)cc4c3cnn4C3CCCCO3)c2n1. The van der Waals surface area contributed by atoms with E-state index in [0.29, 0.717) is 60.1 Å². The summed E-state index contributed by atoms with van der Waals surface area (Å²) in [5, 5.41) is 6.30. The second kappa shape index (κ2) is 12.0. The molecule has 10 nitrogen and oxygen atoms in total. The van der Waals surface area contributed by atoms with Gasteiger partial charge in [0.05, 0.1) is 17.1 Å². The molecule has 0 saturated carbocycles. The van der Waals surface area contributed by atoms with Gasteiger partial charge in [-0.05, 0) is 58.4 Å². The molecule has 1 unspecified atom stereocenters. The highest BCUT2D eigenvalue weighted by atomic mass is 35.5. The molecule has 13 heteroatoms. The molecule has 2 fully saturated rings. The number of fused-ring (bicyclic) bond motifs is 2. The molecule has 4 heterocycles. The van der Waals surface area contributed by atoms with Crippen molar-refractivity contribution in [3.63, 3.8) is 0 Å². The van der Waals surface area contributed by atoms with Crippen LogP contribution in [0.25, 0.3) is 21.8 Å². The molecule has 228 valence electrons. The quantitative estimate of drug-likeness (QED) is 0.170. The first kappa shape index (κ1) is 29.7. The van der Waals surface area contributed by atoms with E-state index >= 15 is 4.39 Å². The van der Waals surface area contributed by atoms with Crippen LogP contribution in [0.2, 0.25) is 5.02 Å². The fourth-order valence-corrected chi connectivity index (χ4v) is 5.94. The van der Waals surface area contributed by atoms with Gasteiger partial charge in [-0.15, -0.1) is 0 Å². The molecular weight excluding hydrogens is 595 g/mol. The number of ether oxygens (including phenoxy) is 3. The molecule has 4 aromatic rings. The number of para-hydroxylation sites is 1. The average Bonchev–Trinajstić information content (AvgIpc) is 3.42. The zero-order valence-corrected chi connectivity index (χ0v) is 26.2. The van der Waals surface area contributed by atoms with Crippen LogP contribution in [0.1, 0.15) is 46.3 Å². The Labute approximate surface area is 258 Å². The van der Waals surface area contributed by atoms with E-state index in [0.717, 1.165) is 30.5 Å². The number of halogens is 2. The summed E-state index contributed by atoms with van der Waals surface area (Å²) < 4.78 is 34.8. The summed E-state index contributed by atoms with van der Waals surface area (Å²) in [6, 6.07) is 6.94. The standard InChI is InChI=1S/C30H34ClFN6O4S/c1-30(2,3)42-29(39)37-13-11-36(12-14-37)27-18-8-7-9-22(25(18)34-28(35-27)43-4)41-26-19-17-33-38(23-10-5-6-15-40-23)21(19)16-20(32)24(26)31/h7-9,16-17,23H,5-6,10-15H2,1-4H3. The molecule has 1 atom stereocenters. The predicted octanol–water partition coefficient (Wildman–Crippen LogP) is 7.04. The van der Waals surface area contributed by atoms with Gasteiger partial charge in [-0.2, -0.15) is 5.10 Å². The molecule has 0 aliphatic carbocycles. The van der Waals surface area contributed by atoms with Gasteiger partial charge in [0.15, 0.2) is 22.9 Å². The number of carbonyl (C=O) groups is 1. The molecule has 2 aliphatic heterocycles. The molecule has 2 aliphatic rings. The van der Waals surface area contributed by atoms with Gasteiger partial charge in [-0.25, -0.2) is 23.8 Å². The van der Waals surface area contributed by atoms with Crippen molar-refractivity contribution in [2.75, 3.05) is 43.9 Å². The lowest BCUT2D eigenvalue weighted by Gasteiger charge is -2.36. The minimum Gasteiger partial charge on any atom is -0.453 e. The normalized spacial score (nSPS) is 18.0. The second-order valence-corrected chi connectivity index (χ2v) is 12.7. The first-order valence-electron chi connectivity index (χ1n) is 14.4. The molecule has 0 spiro atoms. The van der Waals surface area contributed by atoms with Gasteiger partial charge in [0.1, 0.15) is 27.8 Å². The highest BCUT2D eigenvalue weighted by molar-refractivity contribution is 7.98. The summed E-state index contributed by atoms with van der Waals surface area (Å²) in [5.41, 5.74) is 0.564. The number of thioether (sulfide) groups is 1. The first-order chi connectivity index (χ1) is 20.6. The number of carbonyl (C=O) groups excluding carboxylic acids is 1. The Hall–Kier alpha value is -3.35. The van der Waals surface area contributed by atoms with Crippen molar-refractivity contribution in [2.24, 2.45) is 0 Å². The van der Waals surface area contributed by atoms with Crippen LogP contribution in [0.5, 0.6) is 11.5 Å². The number of benzene rings is 2. The van der Waals surface area contributed by atoms with Crippen molar-refractivity contribution in [2.45, 2.75) is 57.0 Å². The molecule has 0 bridgehead atoms. The monoisotopic (exact) mass is 628 g/mol. The van der Waals surface area contributed by atoms with Crippen molar-refractivity contribution in [1.29, 1.82) is 0 Å². The number of rotatable bonds is 5. The van der Waals surface area contributed by atoms with Crippen LogP contribution >= 0.6 is 23.4 Å². The van der Waals surface area contributed by atoms with Gasteiger partial charge < -0.3 is 24.0 Å². The number of anilines is 1. The summed E-state index contributed by atoms with van der Waals surface area (Å²) in [6.45, 7) is 8.35. The van der Waals surface area contributed by atoms with Gasteiger partial charge in [-0.3, -0.25) is 0 Å². The van der Waals surface area contributed by atoms with Crippen molar-refractivity contribution in [1.82, 2.24) is 24.6 Å². The third-order valence-corrected chi connectivity index (χ3v) is 8.35. The zero-order chi connectivity index (χ0) is 30.3. The number of aromatic nitrogens is 4. The Balaban J connectivity index is 1.34. The van der Waals surface area contributed by atoms with Crippen LogP contribution in [0, 0.1) is 5.82 Å². The largest absolute Gasteiger partial charge is 0.453 e. The molecule has 2 aromatic heterocycles. The molecule has 2 saturated heterocycles. The third kappa shape index (κ3) is 6.05. The lowest BCUT2D eigenvalue weighted by Crippen LogP contribution is -2.50. The van der Waals surface area contributed by atoms with Crippen LogP contribution in [0.15, 0.2) is 35.6 Å². The molecule has 2 aromatic carbocycles. The fourth-order valence-electron chi connectivity index (χ4n) is 5.39. The summed E-state index contributed by atoms with van der Waals surface area (Å²) in [7, 11) is 0. The van der Waals surface area contributed by atoms with Gasteiger partial charge >= 0.3 is 6.09 Å². The van der Waals surface area contributed by atoms with Crippen LogP contribution in [0.4, 0.5) is 15.0 Å². The van der Waals surface area contributed by atoms with Crippen molar-refractivity contribution >= 4 is 57.1 Å². The van der Waals surface area contributed by atoms with Gasteiger partial charge in [0.2, 0.25) is 0 Å². The van der Waals surface area contributed by atoms with E-state index in [1.165, 1.54) is 17.8 Å². The number of hydrogen-bond acceptors (Lipinski definition) is 9. The van der Waals surface area contributed by atoms with Crippen molar-refractivity contribution < 1.29 is 23.4 Å². The molecule has 6 rings (SSSR count). The van der Waals surface area contributed by atoms with Gasteiger partial charge in [0.25, 0.3) is 0 Å². The minimum absolute atomic E-state index is 0.133. The molecule has 0 N–H and O–H groups in total. The number of amides is 1. The molecule has 43 heavy (non-hydrogen) atoms. The average molecular weight is 629 g/mol. The van der Waals surface area contributed by atoms with Gasteiger partial charge in [-0.1, -0.05) is 29.4 Å². The summed E-state index contributed by atoms with van der Waals surface area (Å²) >= 11 is 7.92. The smallest absolute Gasteiger partial charge is 0.410 e. The van der Waals surface area contributed by atoms with E-state index in [9.17, 15) is 4.79 Å². The third-order valence-electron chi connectivity index (χ3n) is 7.45. The topological polar surface area (TPSA) is 94.8 Å². The van der Waals surface area contributed by atoms with E-state index in [2.05, 4.69) is 10.00 Å². The van der Waals surface area contributed by atoms with Crippen LogP contribution in [0.3, 0.4) is 0 Å². The highest BCUT2D eigenvalue weighted by Gasteiger charge is 2.28. The fraction of sp³-hybridized carbons (Fsp3) is 0.467. The van der Waals surface area contributed by atoms with Gasteiger partial charge in [0, 0.05) is 44.2 Å². The number of nitrogens with zero attached hydrogens (tertiary/aromatic N) is 6. The second-order valence-electron chi connectivity index (χ2n) is 11.6. The van der Waals surface area contributed by atoms with Crippen LogP contribution in [-0.4, -0.2) is 75.4 Å². The van der Waals surface area contributed by atoms with E-state index in [1.54, 1.807) is 21.8 Å². The minimum atomic E-state index is -0.607. The molecule has 1 amide bonds. The van der Waals surface area contributed by atoms with E-state index < -0.39 is 11.4 Å². The van der Waals surface area contributed by atoms with Crippen molar-refractivity contribution in [3.8, 4) is 11.5 Å². The summed E-state index contributed by atoms with van der Waals surface area (Å²) in [4.78, 5) is 26.1. The van der Waals surface area contributed by atoms with E-state index in [-0.39, 0.29) is 23.1 Å². The maximum absolute atomic E-state index is 15.2. The maximum Gasteiger partial charge on any atom is 0.410 e. The Kier molecular flexibility index (Phi) is 8.27. The predicted molar refractivity (Wildman–Crippen MR) is 165 cm³/mol. The van der Waals surface area contributed by atoms with Crippen molar-refractivity contribution in [3.05, 3.63) is 41.3 Å². The Morgan fingerprint density at radius 2 is 1.93 bits per heavy atom. The number of piperazine rings is 1. The Morgan fingerprint density at radius 1 is 1.14 bits per heavy atom. The summed E-state index contributed by atoms with van der Waals surface area (Å²) in [5.74, 6) is 0.716. The van der Waals surface area contributed by atoms with E-state index in [1.807, 2.05) is 39.2 Å². The number of hydrogen-bond donors (Lipinski definition) is 0. The molecule has 0 radical (unpaired) electrons. The van der Waals surface area contributed by atoms with E-state index in [4.69, 9.17) is 35.8 Å². The van der Waals surface area contributed by atoms with Crippen LogP contribution < -0.4 is 9.64 Å². The Bertz CT molecular complexity index is 1660. The zero-order valence-electron chi connectivity index (χ0n) is 24.6. The maximum atomic E-state index is 15.2. The highest BCUT2D eigenvalue weighted by Crippen LogP contribution is 2.42. The first-order valence-corrected chi connectivity index (χ1v) is 16.0. The summed E-state index contributed by atoms with van der Waals surface area (Å²) in [6.07, 6.45) is 5.75. The van der Waals surface area contributed by atoms with Crippen LogP contribution in [-0.2, 0) is 9.47 Å². The molecular formula is C30H34ClFN6O4S.